The van der Waals surface area contributed by atoms with Crippen molar-refractivity contribution in [2.75, 3.05) is 6.61 Å². The molecular weight excluding hydrogens is 212 g/mol. The van der Waals surface area contributed by atoms with Crippen molar-refractivity contribution in [1.82, 2.24) is 5.48 Å². The van der Waals surface area contributed by atoms with E-state index in [1.807, 2.05) is 31.4 Å². The predicted molar refractivity (Wildman–Crippen MR) is 60.2 cm³/mol. The van der Waals surface area contributed by atoms with Crippen LogP contribution in [0, 0.1) is 5.92 Å². The van der Waals surface area contributed by atoms with Gasteiger partial charge >= 0.3 is 0 Å². The number of thiophene rings is 1. The Morgan fingerprint density at radius 1 is 1.67 bits per heavy atom. The zero-order valence-electron chi connectivity index (χ0n) is 8.90. The van der Waals surface area contributed by atoms with Crippen molar-refractivity contribution >= 4 is 17.2 Å². The number of nitrogens with one attached hydrogen (secondary N) is 1. The number of rotatable bonds is 5. The summed E-state index contributed by atoms with van der Waals surface area (Å²) in [5.41, 5.74) is 8.06. The van der Waals surface area contributed by atoms with Gasteiger partial charge in [-0.05, 0) is 17.4 Å². The van der Waals surface area contributed by atoms with Gasteiger partial charge in [0.25, 0.3) is 5.91 Å². The number of hydrogen-bond acceptors (Lipinski definition) is 4. The van der Waals surface area contributed by atoms with Gasteiger partial charge in [0, 0.05) is 4.88 Å². The van der Waals surface area contributed by atoms with Crippen LogP contribution in [0.3, 0.4) is 0 Å². The molecule has 0 aliphatic carbocycles. The van der Waals surface area contributed by atoms with E-state index in [0.717, 1.165) is 4.88 Å². The van der Waals surface area contributed by atoms with Crippen LogP contribution in [0.1, 0.15) is 24.8 Å². The monoisotopic (exact) mass is 228 g/mol. The minimum Gasteiger partial charge on any atom is -0.315 e. The summed E-state index contributed by atoms with van der Waals surface area (Å²) in [7, 11) is 0. The summed E-state index contributed by atoms with van der Waals surface area (Å²) in [5.74, 6) is 0.0707. The maximum absolute atomic E-state index is 11.5. The molecule has 5 heteroatoms. The lowest BCUT2D eigenvalue weighted by molar-refractivity contribution is -0.135. The molecule has 0 saturated carbocycles. The zero-order valence-corrected chi connectivity index (χ0v) is 9.71. The van der Waals surface area contributed by atoms with Gasteiger partial charge in [-0.3, -0.25) is 9.63 Å². The average Bonchev–Trinajstić information content (AvgIpc) is 2.68. The van der Waals surface area contributed by atoms with Crippen LogP contribution in [0.5, 0.6) is 0 Å². The third-order valence-electron chi connectivity index (χ3n) is 1.72. The lowest BCUT2D eigenvalue weighted by Gasteiger charge is -2.11. The third-order valence-corrected chi connectivity index (χ3v) is 2.68. The predicted octanol–water partition coefficient (Wildman–Crippen LogP) is 1.45. The van der Waals surface area contributed by atoms with E-state index in [-0.39, 0.29) is 5.91 Å². The third kappa shape index (κ3) is 3.99. The number of nitrogens with two attached hydrogens (primary N) is 1. The molecule has 0 aliphatic heterocycles. The molecule has 0 aliphatic rings. The van der Waals surface area contributed by atoms with Gasteiger partial charge in [-0.15, -0.1) is 11.3 Å². The first-order chi connectivity index (χ1) is 7.11. The van der Waals surface area contributed by atoms with E-state index in [9.17, 15) is 4.79 Å². The molecule has 1 unspecified atom stereocenters. The number of amides is 1. The summed E-state index contributed by atoms with van der Waals surface area (Å²) < 4.78 is 0. The van der Waals surface area contributed by atoms with Gasteiger partial charge in [0.2, 0.25) is 0 Å². The molecule has 0 spiro atoms. The van der Waals surface area contributed by atoms with Gasteiger partial charge < -0.3 is 5.73 Å². The Hall–Kier alpha value is -0.910. The van der Waals surface area contributed by atoms with Crippen molar-refractivity contribution in [3.63, 3.8) is 0 Å². The number of carbonyl (C=O) groups excluding carboxylic acids is 1. The summed E-state index contributed by atoms with van der Waals surface area (Å²) >= 11 is 1.46. The first-order valence-electron chi connectivity index (χ1n) is 4.82. The minimum atomic E-state index is -0.642. The molecule has 1 heterocycles. The first kappa shape index (κ1) is 12.2. The van der Waals surface area contributed by atoms with E-state index >= 15 is 0 Å². The largest absolute Gasteiger partial charge is 0.315 e. The van der Waals surface area contributed by atoms with Crippen molar-refractivity contribution < 1.29 is 9.63 Å². The maximum Gasteiger partial charge on any atom is 0.265 e. The summed E-state index contributed by atoms with van der Waals surface area (Å²) in [6, 6.07) is 3.05. The van der Waals surface area contributed by atoms with Gasteiger partial charge in [-0.2, -0.15) is 0 Å². The van der Waals surface area contributed by atoms with Crippen LogP contribution in [0.2, 0.25) is 0 Å². The smallest absolute Gasteiger partial charge is 0.265 e. The molecule has 1 atom stereocenters. The van der Waals surface area contributed by atoms with Crippen LogP contribution in [-0.2, 0) is 9.63 Å². The minimum absolute atomic E-state index is 0.307. The second-order valence-electron chi connectivity index (χ2n) is 3.66. The highest BCUT2D eigenvalue weighted by molar-refractivity contribution is 7.10. The normalized spacial score (nSPS) is 12.8. The Balaban J connectivity index is 2.34. The number of hydrogen-bond donors (Lipinski definition) is 2. The molecule has 1 rings (SSSR count). The van der Waals surface area contributed by atoms with Crippen molar-refractivity contribution in [1.29, 1.82) is 0 Å². The summed E-state index contributed by atoms with van der Waals surface area (Å²) in [6.07, 6.45) is 0. The molecule has 0 saturated heterocycles. The van der Waals surface area contributed by atoms with E-state index < -0.39 is 6.04 Å². The van der Waals surface area contributed by atoms with Crippen LogP contribution >= 0.6 is 11.3 Å². The first-order valence-corrected chi connectivity index (χ1v) is 5.70. The van der Waals surface area contributed by atoms with Crippen LogP contribution in [0.15, 0.2) is 17.5 Å². The van der Waals surface area contributed by atoms with E-state index in [1.54, 1.807) is 0 Å². The van der Waals surface area contributed by atoms with Crippen molar-refractivity contribution in [2.45, 2.75) is 19.9 Å². The van der Waals surface area contributed by atoms with Gasteiger partial charge in [0.15, 0.2) is 0 Å². The Bertz CT molecular complexity index is 298. The van der Waals surface area contributed by atoms with Crippen molar-refractivity contribution in [2.24, 2.45) is 11.7 Å². The fourth-order valence-electron chi connectivity index (χ4n) is 0.940. The average molecular weight is 228 g/mol. The Kier molecular flexibility index (Phi) is 4.74. The Morgan fingerprint density at radius 3 is 2.93 bits per heavy atom. The van der Waals surface area contributed by atoms with Crippen molar-refractivity contribution in [3.8, 4) is 0 Å². The molecule has 84 valence electrons. The molecule has 1 amide bonds. The molecule has 15 heavy (non-hydrogen) atoms. The second-order valence-corrected chi connectivity index (χ2v) is 4.64. The Morgan fingerprint density at radius 2 is 2.40 bits per heavy atom. The lowest BCUT2D eigenvalue weighted by Crippen LogP contribution is -2.34. The highest BCUT2D eigenvalue weighted by Crippen LogP contribution is 2.16. The van der Waals surface area contributed by atoms with Gasteiger partial charge in [-0.25, -0.2) is 5.48 Å². The number of hydroxylamine groups is 1. The molecule has 0 radical (unpaired) electrons. The van der Waals surface area contributed by atoms with Gasteiger partial charge in [0.1, 0.15) is 6.04 Å². The Labute approximate surface area is 93.4 Å². The van der Waals surface area contributed by atoms with Crippen molar-refractivity contribution in [3.05, 3.63) is 22.4 Å². The van der Waals surface area contributed by atoms with Crippen LogP contribution in [0.25, 0.3) is 0 Å². The molecule has 1 aromatic heterocycles. The summed E-state index contributed by atoms with van der Waals surface area (Å²) in [4.78, 5) is 17.3. The summed E-state index contributed by atoms with van der Waals surface area (Å²) in [5, 5.41) is 1.89. The lowest BCUT2D eigenvalue weighted by atomic mass is 10.2. The van der Waals surface area contributed by atoms with Crippen LogP contribution in [-0.4, -0.2) is 12.5 Å². The quantitative estimate of drug-likeness (QED) is 0.750. The van der Waals surface area contributed by atoms with E-state index in [2.05, 4.69) is 5.48 Å². The highest BCUT2D eigenvalue weighted by atomic mass is 32.1. The SMILES string of the molecule is CC(C)CONC(=O)C(N)c1cccs1. The molecule has 0 bridgehead atoms. The van der Waals surface area contributed by atoms with Crippen LogP contribution < -0.4 is 11.2 Å². The maximum atomic E-state index is 11.5. The number of carbonyl (C=O) groups is 1. The summed E-state index contributed by atoms with van der Waals surface area (Å²) in [6.45, 7) is 4.50. The molecule has 0 aromatic carbocycles. The molecular formula is C10H16N2O2S. The van der Waals surface area contributed by atoms with E-state index in [1.165, 1.54) is 11.3 Å². The molecule has 4 nitrogen and oxygen atoms in total. The molecule has 0 fully saturated rings. The topological polar surface area (TPSA) is 64.3 Å². The fraction of sp³-hybridized carbons (Fsp3) is 0.500. The molecule has 1 aromatic rings. The van der Waals surface area contributed by atoms with E-state index in [4.69, 9.17) is 10.6 Å². The van der Waals surface area contributed by atoms with Crippen LogP contribution in [0.4, 0.5) is 0 Å². The van der Waals surface area contributed by atoms with Gasteiger partial charge in [0.05, 0.1) is 6.61 Å². The van der Waals surface area contributed by atoms with Gasteiger partial charge in [-0.1, -0.05) is 19.9 Å². The second kappa shape index (κ2) is 5.85. The highest BCUT2D eigenvalue weighted by Gasteiger charge is 2.16. The zero-order chi connectivity index (χ0) is 11.3. The van der Waals surface area contributed by atoms with E-state index in [0.29, 0.717) is 12.5 Å². The standard InChI is InChI=1S/C10H16N2O2S/c1-7(2)6-14-12-10(13)9(11)8-4-3-5-15-8/h3-5,7,9H,6,11H2,1-2H3,(H,12,13). The fourth-order valence-corrected chi connectivity index (χ4v) is 1.67. The molecule has 3 N–H and O–H groups in total.